The lowest BCUT2D eigenvalue weighted by Crippen LogP contribution is -2.43. The molecule has 0 fully saturated rings. The quantitative estimate of drug-likeness (QED) is 0.813. The first kappa shape index (κ1) is 18.0. The summed E-state index contributed by atoms with van der Waals surface area (Å²) in [5.41, 5.74) is 0.591. The monoisotopic (exact) mass is 313 g/mol. The lowest BCUT2D eigenvalue weighted by Gasteiger charge is -2.25. The van der Waals surface area contributed by atoms with Gasteiger partial charge in [0.15, 0.2) is 0 Å². The van der Waals surface area contributed by atoms with Crippen LogP contribution in [0.15, 0.2) is 24.3 Å². The Hall–Kier alpha value is -1.07. The summed E-state index contributed by atoms with van der Waals surface area (Å²) in [5.74, 6) is 0.683. The van der Waals surface area contributed by atoms with Gasteiger partial charge < -0.3 is 10.4 Å². The largest absolute Gasteiger partial charge is 0.386 e. The van der Waals surface area contributed by atoms with Gasteiger partial charge in [-0.25, -0.2) is 4.39 Å². The number of hydrogen-bond donors (Lipinski definition) is 2. The predicted molar refractivity (Wildman–Crippen MR) is 85.7 cm³/mol. The van der Waals surface area contributed by atoms with Crippen LogP contribution in [0, 0.1) is 11.7 Å². The van der Waals surface area contributed by atoms with Crippen LogP contribution in [-0.2, 0) is 4.79 Å². The fraction of sp³-hybridized carbons (Fsp3) is 0.562. The second kappa shape index (κ2) is 8.39. The van der Waals surface area contributed by atoms with Crippen molar-refractivity contribution in [1.82, 2.24) is 5.32 Å². The standard InChI is InChI=1S/C16H24FNO2S/c1-5-21-15(10(2)3)16(20)18-11(4)14(19)12-6-8-13(17)9-7-12/h6-11,14-15,19H,5H2,1-4H3,(H,18,20). The van der Waals surface area contributed by atoms with Crippen molar-refractivity contribution in [2.75, 3.05) is 5.75 Å². The Balaban J connectivity index is 2.68. The van der Waals surface area contributed by atoms with Crippen molar-refractivity contribution in [2.24, 2.45) is 5.92 Å². The fourth-order valence-electron chi connectivity index (χ4n) is 2.08. The van der Waals surface area contributed by atoms with Crippen LogP contribution in [0.3, 0.4) is 0 Å². The van der Waals surface area contributed by atoms with Crippen LogP contribution in [0.4, 0.5) is 4.39 Å². The minimum atomic E-state index is -0.853. The highest BCUT2D eigenvalue weighted by Crippen LogP contribution is 2.21. The van der Waals surface area contributed by atoms with Crippen molar-refractivity contribution in [3.8, 4) is 0 Å². The number of halogens is 1. The normalized spacial score (nSPS) is 15.6. The Kier molecular flexibility index (Phi) is 7.18. The Morgan fingerprint density at radius 2 is 1.86 bits per heavy atom. The molecule has 1 aromatic carbocycles. The molecule has 118 valence electrons. The van der Waals surface area contributed by atoms with Gasteiger partial charge in [0.25, 0.3) is 0 Å². The van der Waals surface area contributed by atoms with Gasteiger partial charge in [-0.1, -0.05) is 32.9 Å². The molecule has 5 heteroatoms. The highest BCUT2D eigenvalue weighted by atomic mass is 32.2. The SMILES string of the molecule is CCSC(C(=O)NC(C)C(O)c1ccc(F)cc1)C(C)C. The van der Waals surface area contributed by atoms with Crippen molar-refractivity contribution >= 4 is 17.7 Å². The second-order valence-electron chi connectivity index (χ2n) is 5.41. The summed E-state index contributed by atoms with van der Waals surface area (Å²) in [4.78, 5) is 12.3. The number of nitrogens with one attached hydrogen (secondary N) is 1. The molecular formula is C16H24FNO2S. The smallest absolute Gasteiger partial charge is 0.233 e. The van der Waals surface area contributed by atoms with E-state index in [1.54, 1.807) is 18.7 Å². The third kappa shape index (κ3) is 5.32. The first-order valence-corrected chi connectivity index (χ1v) is 8.27. The number of amides is 1. The summed E-state index contributed by atoms with van der Waals surface area (Å²) in [7, 11) is 0. The molecule has 0 spiro atoms. The second-order valence-corrected chi connectivity index (χ2v) is 6.83. The molecule has 1 rings (SSSR count). The van der Waals surface area contributed by atoms with E-state index >= 15 is 0 Å². The van der Waals surface area contributed by atoms with Crippen LogP contribution in [0.25, 0.3) is 0 Å². The van der Waals surface area contributed by atoms with E-state index in [2.05, 4.69) is 5.32 Å². The number of benzene rings is 1. The summed E-state index contributed by atoms with van der Waals surface area (Å²) in [6.45, 7) is 7.78. The van der Waals surface area contributed by atoms with Crippen molar-refractivity contribution in [3.63, 3.8) is 0 Å². The molecule has 2 N–H and O–H groups in total. The first-order valence-electron chi connectivity index (χ1n) is 7.22. The average molecular weight is 313 g/mol. The van der Waals surface area contributed by atoms with E-state index in [-0.39, 0.29) is 22.9 Å². The number of aliphatic hydroxyl groups is 1. The van der Waals surface area contributed by atoms with Crippen LogP contribution in [0.1, 0.15) is 39.4 Å². The molecule has 21 heavy (non-hydrogen) atoms. The van der Waals surface area contributed by atoms with E-state index < -0.39 is 12.1 Å². The fourth-order valence-corrected chi connectivity index (χ4v) is 3.05. The predicted octanol–water partition coefficient (Wildman–Crippen LogP) is 3.14. The van der Waals surface area contributed by atoms with Gasteiger partial charge in [-0.15, -0.1) is 11.8 Å². The van der Waals surface area contributed by atoms with Gasteiger partial charge >= 0.3 is 0 Å². The molecule has 0 aromatic heterocycles. The lowest BCUT2D eigenvalue weighted by molar-refractivity contribution is -0.122. The Labute approximate surface area is 130 Å². The molecule has 3 unspecified atom stereocenters. The first-order chi connectivity index (χ1) is 9.86. The molecular weight excluding hydrogens is 289 g/mol. The third-order valence-electron chi connectivity index (χ3n) is 3.27. The highest BCUT2D eigenvalue weighted by molar-refractivity contribution is 8.00. The maximum atomic E-state index is 12.9. The molecule has 0 saturated heterocycles. The number of carbonyl (C=O) groups is 1. The van der Waals surface area contributed by atoms with E-state index in [0.29, 0.717) is 5.56 Å². The number of thioether (sulfide) groups is 1. The Morgan fingerprint density at radius 3 is 2.33 bits per heavy atom. The Bertz CT molecular complexity index is 450. The number of aliphatic hydroxyl groups excluding tert-OH is 1. The molecule has 0 aliphatic heterocycles. The third-order valence-corrected chi connectivity index (χ3v) is 4.72. The van der Waals surface area contributed by atoms with Crippen molar-refractivity contribution in [1.29, 1.82) is 0 Å². The molecule has 0 radical (unpaired) electrons. The summed E-state index contributed by atoms with van der Waals surface area (Å²) >= 11 is 1.60. The van der Waals surface area contributed by atoms with Gasteiger partial charge in [0.2, 0.25) is 5.91 Å². The summed E-state index contributed by atoms with van der Waals surface area (Å²) in [6.07, 6.45) is -0.853. The highest BCUT2D eigenvalue weighted by Gasteiger charge is 2.25. The van der Waals surface area contributed by atoms with Gasteiger partial charge in [0.05, 0.1) is 17.4 Å². The van der Waals surface area contributed by atoms with Crippen LogP contribution in [0.5, 0.6) is 0 Å². The molecule has 3 nitrogen and oxygen atoms in total. The van der Waals surface area contributed by atoms with Gasteiger partial charge in [0.1, 0.15) is 5.82 Å². The number of carbonyl (C=O) groups excluding carboxylic acids is 1. The van der Waals surface area contributed by atoms with E-state index in [1.807, 2.05) is 20.8 Å². The molecule has 0 saturated carbocycles. The van der Waals surface area contributed by atoms with E-state index in [0.717, 1.165) is 5.75 Å². The van der Waals surface area contributed by atoms with Gasteiger partial charge in [-0.3, -0.25) is 4.79 Å². The van der Waals surface area contributed by atoms with Crippen molar-refractivity contribution in [3.05, 3.63) is 35.6 Å². The molecule has 1 amide bonds. The Morgan fingerprint density at radius 1 is 1.29 bits per heavy atom. The maximum absolute atomic E-state index is 12.9. The maximum Gasteiger partial charge on any atom is 0.233 e. The summed E-state index contributed by atoms with van der Waals surface area (Å²) < 4.78 is 12.9. The molecule has 1 aromatic rings. The summed E-state index contributed by atoms with van der Waals surface area (Å²) in [6, 6.07) is 5.24. The van der Waals surface area contributed by atoms with E-state index in [9.17, 15) is 14.3 Å². The van der Waals surface area contributed by atoms with Gasteiger partial charge in [0, 0.05) is 0 Å². The molecule has 3 atom stereocenters. The zero-order valence-corrected chi connectivity index (χ0v) is 13.8. The molecule has 0 aliphatic rings. The number of rotatable bonds is 7. The molecule has 0 aliphatic carbocycles. The van der Waals surface area contributed by atoms with Gasteiger partial charge in [-0.05, 0) is 36.3 Å². The van der Waals surface area contributed by atoms with Crippen LogP contribution < -0.4 is 5.32 Å². The van der Waals surface area contributed by atoms with E-state index in [4.69, 9.17) is 0 Å². The minimum Gasteiger partial charge on any atom is -0.386 e. The minimum absolute atomic E-state index is 0.0643. The van der Waals surface area contributed by atoms with Crippen molar-refractivity contribution < 1.29 is 14.3 Å². The van der Waals surface area contributed by atoms with E-state index in [1.165, 1.54) is 24.3 Å². The lowest BCUT2D eigenvalue weighted by atomic mass is 10.0. The zero-order valence-electron chi connectivity index (χ0n) is 13.0. The topological polar surface area (TPSA) is 49.3 Å². The van der Waals surface area contributed by atoms with Gasteiger partial charge in [-0.2, -0.15) is 0 Å². The average Bonchev–Trinajstić information content (AvgIpc) is 2.44. The number of hydrogen-bond acceptors (Lipinski definition) is 3. The van der Waals surface area contributed by atoms with Crippen LogP contribution >= 0.6 is 11.8 Å². The van der Waals surface area contributed by atoms with Crippen LogP contribution in [-0.4, -0.2) is 28.1 Å². The van der Waals surface area contributed by atoms with Crippen molar-refractivity contribution in [2.45, 2.75) is 45.1 Å². The van der Waals surface area contributed by atoms with Crippen LogP contribution in [0.2, 0.25) is 0 Å². The summed E-state index contributed by atoms with van der Waals surface area (Å²) in [5, 5.41) is 13.0. The molecule has 0 heterocycles. The molecule has 0 bridgehead atoms. The zero-order chi connectivity index (χ0) is 16.0.